The Hall–Kier alpha value is -3.75. The Morgan fingerprint density at radius 1 is 0.625 bits per heavy atom. The van der Waals surface area contributed by atoms with E-state index in [1.807, 2.05) is 18.2 Å². The number of hydrogen-bond acceptors (Lipinski definition) is 0. The summed E-state index contributed by atoms with van der Waals surface area (Å²) in [5.74, 6) is 0.0731. The monoisotopic (exact) mass is 432 g/mol. The summed E-state index contributed by atoms with van der Waals surface area (Å²) < 4.78 is 0. The quantitative estimate of drug-likeness (QED) is 0.281. The molecule has 0 bridgehead atoms. The molecule has 0 saturated heterocycles. The van der Waals surface area contributed by atoms with E-state index < -0.39 is 0 Å². The second-order valence-electron chi connectivity index (χ2n) is 8.11. The molecular weight excluding hydrogens is 412 g/mol. The molecule has 4 aromatic carbocycles. The van der Waals surface area contributed by atoms with Crippen LogP contribution in [-0.4, -0.2) is 9.97 Å². The first-order valence-electron chi connectivity index (χ1n) is 10.8. The number of fused-ring (bicyclic) bond motifs is 2. The summed E-state index contributed by atoms with van der Waals surface area (Å²) in [7, 11) is 0. The standard InChI is InChI=1S/C29H21ClN2/c30-21-15-16-25-23(17-21)24(18-31-25)28-22-13-7-8-14-26(22)32-29(28)27(19-9-3-1-4-10-19)20-11-5-2-6-12-20/h1-18,27,31-32H. The highest BCUT2D eigenvalue weighted by Crippen LogP contribution is 2.44. The Bertz CT molecular complexity index is 1490. The number of benzene rings is 4. The van der Waals surface area contributed by atoms with E-state index in [-0.39, 0.29) is 5.92 Å². The van der Waals surface area contributed by atoms with Gasteiger partial charge < -0.3 is 9.97 Å². The lowest BCUT2D eigenvalue weighted by molar-refractivity contribution is 0.941. The fraction of sp³-hybridized carbons (Fsp3) is 0.0345. The molecule has 2 aromatic heterocycles. The maximum atomic E-state index is 6.40. The molecule has 0 amide bonds. The van der Waals surface area contributed by atoms with Crippen LogP contribution in [-0.2, 0) is 0 Å². The van der Waals surface area contributed by atoms with Crippen molar-refractivity contribution in [2.45, 2.75) is 5.92 Å². The van der Waals surface area contributed by atoms with Crippen molar-refractivity contribution >= 4 is 33.4 Å². The molecule has 0 aliphatic rings. The minimum absolute atomic E-state index is 0.0731. The molecule has 6 rings (SSSR count). The maximum absolute atomic E-state index is 6.40. The second kappa shape index (κ2) is 7.74. The summed E-state index contributed by atoms with van der Waals surface area (Å²) in [5, 5.41) is 3.08. The number of halogens is 1. The summed E-state index contributed by atoms with van der Waals surface area (Å²) in [6.45, 7) is 0. The number of hydrogen-bond donors (Lipinski definition) is 2. The minimum Gasteiger partial charge on any atom is -0.361 e. The molecule has 2 N–H and O–H groups in total. The molecular formula is C29H21ClN2. The maximum Gasteiger partial charge on any atom is 0.0497 e. The molecule has 32 heavy (non-hydrogen) atoms. The van der Waals surface area contributed by atoms with Crippen LogP contribution in [0.4, 0.5) is 0 Å². The van der Waals surface area contributed by atoms with Gasteiger partial charge in [-0.2, -0.15) is 0 Å². The highest BCUT2D eigenvalue weighted by Gasteiger charge is 2.25. The molecule has 0 unspecified atom stereocenters. The van der Waals surface area contributed by atoms with Gasteiger partial charge >= 0.3 is 0 Å². The summed E-state index contributed by atoms with van der Waals surface area (Å²) in [6, 6.07) is 36.0. The first kappa shape index (κ1) is 19.0. The zero-order chi connectivity index (χ0) is 21.5. The van der Waals surface area contributed by atoms with Crippen molar-refractivity contribution in [3.8, 4) is 11.1 Å². The highest BCUT2D eigenvalue weighted by molar-refractivity contribution is 6.31. The van der Waals surface area contributed by atoms with E-state index >= 15 is 0 Å². The fourth-order valence-corrected chi connectivity index (χ4v) is 4.96. The molecule has 3 heteroatoms. The van der Waals surface area contributed by atoms with Gasteiger partial charge in [0.05, 0.1) is 0 Å². The molecule has 0 fully saturated rings. The average Bonchev–Trinajstić information content (AvgIpc) is 3.41. The Morgan fingerprint density at radius 3 is 2.00 bits per heavy atom. The predicted octanol–water partition coefficient (Wildman–Crippen LogP) is 8.15. The van der Waals surface area contributed by atoms with Crippen molar-refractivity contribution in [3.63, 3.8) is 0 Å². The molecule has 2 nitrogen and oxygen atoms in total. The smallest absolute Gasteiger partial charge is 0.0497 e. The summed E-state index contributed by atoms with van der Waals surface area (Å²) in [4.78, 5) is 7.22. The lowest BCUT2D eigenvalue weighted by Crippen LogP contribution is -2.05. The van der Waals surface area contributed by atoms with E-state index in [1.54, 1.807) is 0 Å². The third-order valence-electron chi connectivity index (χ3n) is 6.20. The van der Waals surface area contributed by atoms with E-state index in [4.69, 9.17) is 11.6 Å². The first-order valence-corrected chi connectivity index (χ1v) is 11.1. The Balaban J connectivity index is 1.70. The number of para-hydroxylation sites is 1. The minimum atomic E-state index is 0.0731. The van der Waals surface area contributed by atoms with Gasteiger partial charge in [0.2, 0.25) is 0 Å². The van der Waals surface area contributed by atoms with Gasteiger partial charge in [-0.25, -0.2) is 0 Å². The lowest BCUT2D eigenvalue weighted by atomic mass is 9.85. The zero-order valence-corrected chi connectivity index (χ0v) is 18.1. The Kier molecular flexibility index (Phi) is 4.59. The SMILES string of the molecule is Clc1ccc2[nH]cc(-c3c(C(c4ccccc4)c4ccccc4)[nH]c4ccccc34)c2c1. The summed E-state index contributed by atoms with van der Waals surface area (Å²) >= 11 is 6.40. The van der Waals surface area contributed by atoms with Crippen LogP contribution in [0.25, 0.3) is 32.9 Å². The average molecular weight is 433 g/mol. The van der Waals surface area contributed by atoms with Crippen LogP contribution in [0.2, 0.25) is 5.02 Å². The number of nitrogens with one attached hydrogen (secondary N) is 2. The fourth-order valence-electron chi connectivity index (χ4n) is 4.79. The molecule has 0 spiro atoms. The topological polar surface area (TPSA) is 31.6 Å². The van der Waals surface area contributed by atoms with Gasteiger partial charge in [0.25, 0.3) is 0 Å². The van der Waals surface area contributed by atoms with Crippen LogP contribution in [0.1, 0.15) is 22.7 Å². The van der Waals surface area contributed by atoms with Crippen molar-refractivity contribution in [1.82, 2.24) is 9.97 Å². The van der Waals surface area contributed by atoms with Gasteiger partial charge in [0, 0.05) is 55.8 Å². The van der Waals surface area contributed by atoms with Crippen molar-refractivity contribution < 1.29 is 0 Å². The third kappa shape index (κ3) is 3.12. The van der Waals surface area contributed by atoms with Gasteiger partial charge in [-0.3, -0.25) is 0 Å². The van der Waals surface area contributed by atoms with E-state index in [0.29, 0.717) is 0 Å². The number of rotatable bonds is 4. The van der Waals surface area contributed by atoms with Crippen LogP contribution in [0.5, 0.6) is 0 Å². The predicted molar refractivity (Wildman–Crippen MR) is 134 cm³/mol. The Labute approximate surface area is 191 Å². The van der Waals surface area contributed by atoms with Gasteiger partial charge in [-0.15, -0.1) is 0 Å². The van der Waals surface area contributed by atoms with Crippen molar-refractivity contribution in [2.24, 2.45) is 0 Å². The van der Waals surface area contributed by atoms with E-state index in [9.17, 15) is 0 Å². The molecule has 154 valence electrons. The third-order valence-corrected chi connectivity index (χ3v) is 6.44. The van der Waals surface area contributed by atoms with Crippen LogP contribution in [0, 0.1) is 0 Å². The number of aromatic amines is 2. The molecule has 0 radical (unpaired) electrons. The lowest BCUT2D eigenvalue weighted by Gasteiger charge is -2.19. The summed E-state index contributed by atoms with van der Waals surface area (Å²) in [5.41, 5.74) is 8.28. The van der Waals surface area contributed by atoms with Crippen molar-refractivity contribution in [3.05, 3.63) is 131 Å². The highest BCUT2D eigenvalue weighted by atomic mass is 35.5. The number of H-pyrrole nitrogens is 2. The summed E-state index contributed by atoms with van der Waals surface area (Å²) in [6.07, 6.45) is 2.10. The van der Waals surface area contributed by atoms with Crippen molar-refractivity contribution in [2.75, 3.05) is 0 Å². The second-order valence-corrected chi connectivity index (χ2v) is 8.54. The normalized spacial score (nSPS) is 11.6. The van der Waals surface area contributed by atoms with Crippen LogP contribution < -0.4 is 0 Å². The molecule has 0 saturated carbocycles. The molecule has 6 aromatic rings. The Morgan fingerprint density at radius 2 is 1.28 bits per heavy atom. The zero-order valence-electron chi connectivity index (χ0n) is 17.3. The van der Waals surface area contributed by atoms with E-state index in [2.05, 4.69) is 101 Å². The van der Waals surface area contributed by atoms with Gasteiger partial charge in [0.15, 0.2) is 0 Å². The van der Waals surface area contributed by atoms with Gasteiger partial charge in [-0.05, 0) is 35.4 Å². The van der Waals surface area contributed by atoms with Gasteiger partial charge in [-0.1, -0.05) is 90.5 Å². The van der Waals surface area contributed by atoms with Crippen molar-refractivity contribution in [1.29, 1.82) is 0 Å². The van der Waals surface area contributed by atoms with Crippen LogP contribution in [0.3, 0.4) is 0 Å². The first-order chi connectivity index (χ1) is 15.8. The molecule has 2 heterocycles. The molecule has 0 aliphatic heterocycles. The van der Waals surface area contributed by atoms with E-state index in [0.717, 1.165) is 27.0 Å². The molecule has 0 atom stereocenters. The van der Waals surface area contributed by atoms with Crippen LogP contribution in [0.15, 0.2) is 109 Å². The van der Waals surface area contributed by atoms with Gasteiger partial charge in [0.1, 0.15) is 0 Å². The van der Waals surface area contributed by atoms with Crippen LogP contribution >= 0.6 is 11.6 Å². The largest absolute Gasteiger partial charge is 0.361 e. The molecule has 0 aliphatic carbocycles. The number of aromatic nitrogens is 2. The van der Waals surface area contributed by atoms with E-state index in [1.165, 1.54) is 27.8 Å².